The maximum absolute atomic E-state index is 12.2. The number of aromatic carboxylic acids is 1. The third kappa shape index (κ3) is 8.35. The summed E-state index contributed by atoms with van der Waals surface area (Å²) in [6.45, 7) is 0. The molecule has 0 aliphatic rings. The van der Waals surface area contributed by atoms with Crippen molar-refractivity contribution >= 4 is 54.0 Å². The minimum absolute atomic E-state index is 0. The van der Waals surface area contributed by atoms with Gasteiger partial charge in [0.2, 0.25) is 0 Å². The fourth-order valence-corrected chi connectivity index (χ4v) is 3.72. The van der Waals surface area contributed by atoms with Gasteiger partial charge in [-0.1, -0.05) is 23.6 Å². The average molecular weight is 606 g/mol. The first-order chi connectivity index (χ1) is 14.7. The molecule has 176 valence electrons. The molecule has 0 saturated heterocycles. The molecule has 0 atom stereocenters. The van der Waals surface area contributed by atoms with Gasteiger partial charge in [-0.05, 0) is 35.2 Å². The number of carboxylic acid groups (broad SMARTS) is 1. The summed E-state index contributed by atoms with van der Waals surface area (Å²) in [7, 11) is -10.0. The molecule has 0 aliphatic heterocycles. The Hall–Kier alpha value is -0.296. The van der Waals surface area contributed by atoms with Gasteiger partial charge in [0.15, 0.2) is 0 Å². The number of nitrogens with one attached hydrogen (secondary N) is 1. The van der Waals surface area contributed by atoms with Crippen molar-refractivity contribution in [3.8, 4) is 11.5 Å². The summed E-state index contributed by atoms with van der Waals surface area (Å²) < 4.78 is 65.8. The smallest absolute Gasteiger partial charge is 0.872 e. The normalized spacial score (nSPS) is 11.1. The first-order valence-corrected chi connectivity index (χ1v) is 11.0. The van der Waals surface area contributed by atoms with E-state index in [0.29, 0.717) is 18.2 Å². The van der Waals surface area contributed by atoms with Crippen LogP contribution in [0.1, 0.15) is 10.4 Å². The minimum Gasteiger partial charge on any atom is -0.872 e. The van der Waals surface area contributed by atoms with Crippen molar-refractivity contribution in [1.29, 1.82) is 0 Å². The van der Waals surface area contributed by atoms with Gasteiger partial charge in [-0.15, -0.1) is 5.69 Å². The minimum atomic E-state index is -5.21. The van der Waals surface area contributed by atoms with Gasteiger partial charge in [0.05, 0.1) is 27.1 Å². The number of fused-ring (bicyclic) bond motifs is 1. The van der Waals surface area contributed by atoms with Crippen LogP contribution in [0, 0.1) is 0 Å². The van der Waals surface area contributed by atoms with Crippen LogP contribution in [0.4, 0.5) is 17.1 Å². The van der Waals surface area contributed by atoms with Gasteiger partial charge in [-0.2, -0.15) is 18.6 Å². The van der Waals surface area contributed by atoms with Crippen LogP contribution in [0.5, 0.6) is 11.5 Å². The quantitative estimate of drug-likeness (QED) is 0.163. The van der Waals surface area contributed by atoms with E-state index in [0.717, 1.165) is 12.1 Å². The second-order valence-electron chi connectivity index (χ2n) is 6.21. The Morgan fingerprint density at radius 3 is 1.97 bits per heavy atom. The largest absolute Gasteiger partial charge is 2.00 e. The molecule has 0 amide bonds. The van der Waals surface area contributed by atoms with Crippen LogP contribution < -0.4 is 104 Å². The van der Waals surface area contributed by atoms with E-state index < -0.39 is 70.1 Å². The molecule has 0 fully saturated rings. The Morgan fingerprint density at radius 1 is 0.889 bits per heavy atom. The van der Waals surface area contributed by atoms with E-state index in [-0.39, 0.29) is 116 Å². The van der Waals surface area contributed by atoms with Crippen molar-refractivity contribution < 1.29 is 151 Å². The van der Waals surface area contributed by atoms with Crippen LogP contribution in [0.2, 0.25) is 0 Å². The Balaban J connectivity index is 0. The van der Waals surface area contributed by atoms with Gasteiger partial charge in [0.1, 0.15) is 10.1 Å². The van der Waals surface area contributed by atoms with Crippen LogP contribution in [0.3, 0.4) is 0 Å². The van der Waals surface area contributed by atoms with E-state index >= 15 is 0 Å². The van der Waals surface area contributed by atoms with Gasteiger partial charge < -0.3 is 30.4 Å². The molecule has 2 N–H and O–H groups in total. The second-order valence-corrected chi connectivity index (χ2v) is 9.02. The van der Waals surface area contributed by atoms with Crippen molar-refractivity contribution in [2.45, 2.75) is 9.79 Å². The standard InChI is InChI=1S/C17H13N3O10S2.3Na.Ni/c18-12-2-1-9-10(3-8(6-14(9)21)32(28,29)30)15(12)20-19-13-5-7(31(25,26)27)4-11(16(13)22)17(23)24;;;;/h1-6H,(H7,18,19,20,21,22,23,24,25,26,27,28,29,30);;;;/q;3*+1;+2/p-5. The molecule has 0 spiro atoms. The van der Waals surface area contributed by atoms with E-state index in [1.54, 1.807) is 0 Å². The Bertz CT molecular complexity index is 1550. The zero-order valence-electron chi connectivity index (χ0n) is 18.6. The fourth-order valence-electron chi connectivity index (χ4n) is 2.68. The molecule has 0 aliphatic carbocycles. The summed E-state index contributed by atoms with van der Waals surface area (Å²) in [6.07, 6.45) is 0. The average Bonchev–Trinajstić information content (AvgIpc) is 2.66. The fraction of sp³-hybridized carbons (Fsp3) is 0. The SMILES string of the molecule is [NH-]c1ccc2c([O-])cc(S(=O)(=O)O)cc2c1N=Nc1cc(S(=O)(=O)[O-])cc(C(=O)[O-])c1[O-].[Na+].[Na+].[Na+].[Ni+2]. The number of azo groups is 1. The molecule has 0 saturated carbocycles. The Labute approximate surface area is 280 Å². The number of hydrogen-bond acceptors (Lipinski definition) is 11. The molecule has 0 aromatic heterocycles. The molecule has 13 nitrogen and oxygen atoms in total. The number of carbonyl (C=O) groups is 1. The van der Waals surface area contributed by atoms with E-state index in [2.05, 4.69) is 10.2 Å². The second kappa shape index (κ2) is 14.2. The monoisotopic (exact) mass is 605 g/mol. The van der Waals surface area contributed by atoms with Crippen molar-refractivity contribution in [2.75, 3.05) is 0 Å². The predicted octanol–water partition coefficient (Wildman–Crippen LogP) is -8.39. The van der Waals surface area contributed by atoms with Crippen LogP contribution in [0.15, 0.2) is 56.4 Å². The number of carbonyl (C=O) groups excluding carboxylic acids is 1. The first kappa shape index (κ1) is 37.9. The van der Waals surface area contributed by atoms with Gasteiger partial charge in [-0.25, -0.2) is 8.42 Å². The summed E-state index contributed by atoms with van der Waals surface area (Å²) in [6, 6.07) is 4.47. The van der Waals surface area contributed by atoms with E-state index in [1.165, 1.54) is 6.07 Å². The third-order valence-corrected chi connectivity index (χ3v) is 5.79. The number of benzene rings is 3. The molecule has 0 heterocycles. The summed E-state index contributed by atoms with van der Waals surface area (Å²) >= 11 is 0. The number of rotatable bonds is 5. The zero-order valence-corrected chi connectivity index (χ0v) is 27.2. The predicted molar refractivity (Wildman–Crippen MR) is 99.5 cm³/mol. The first-order valence-electron chi connectivity index (χ1n) is 8.11. The van der Waals surface area contributed by atoms with E-state index in [4.69, 9.17) is 5.73 Å². The zero-order chi connectivity index (χ0) is 24.0. The summed E-state index contributed by atoms with van der Waals surface area (Å²) in [5, 5.41) is 42.1. The maximum atomic E-state index is 12.2. The van der Waals surface area contributed by atoms with Gasteiger partial charge in [-0.3, -0.25) is 4.55 Å². The Morgan fingerprint density at radius 2 is 1.47 bits per heavy atom. The van der Waals surface area contributed by atoms with E-state index in [9.17, 15) is 46.1 Å². The Kier molecular flexibility index (Phi) is 14.9. The van der Waals surface area contributed by atoms with Gasteiger partial charge in [0, 0.05) is 5.39 Å². The number of nitrogens with zero attached hydrogens (tertiary/aromatic N) is 2. The molecule has 3 aromatic rings. The molecule has 19 heteroatoms. The van der Waals surface area contributed by atoms with Gasteiger partial charge in [0.25, 0.3) is 10.1 Å². The maximum Gasteiger partial charge on any atom is 2.00 e. The number of carboxylic acids is 1. The molecule has 0 unspecified atom stereocenters. The van der Waals surface area contributed by atoms with Crippen molar-refractivity contribution in [3.63, 3.8) is 0 Å². The summed E-state index contributed by atoms with van der Waals surface area (Å²) in [4.78, 5) is 9.19. The van der Waals surface area contributed by atoms with Crippen molar-refractivity contribution in [3.05, 3.63) is 47.7 Å². The van der Waals surface area contributed by atoms with Crippen molar-refractivity contribution in [1.82, 2.24) is 0 Å². The van der Waals surface area contributed by atoms with Crippen LogP contribution in [-0.4, -0.2) is 31.9 Å². The summed E-state index contributed by atoms with van der Waals surface area (Å²) in [5.41, 5.74) is 4.94. The van der Waals surface area contributed by atoms with Crippen LogP contribution >= 0.6 is 0 Å². The third-order valence-electron chi connectivity index (χ3n) is 4.15. The van der Waals surface area contributed by atoms with Gasteiger partial charge >= 0.3 is 105 Å². The molecular weight excluding hydrogens is 598 g/mol. The summed E-state index contributed by atoms with van der Waals surface area (Å²) in [5.74, 6) is -4.29. The molecule has 3 aromatic carbocycles. The topological polar surface area (TPSA) is 246 Å². The molecule has 36 heavy (non-hydrogen) atoms. The molecule has 3 rings (SSSR count). The molecule has 0 bridgehead atoms. The van der Waals surface area contributed by atoms with Crippen molar-refractivity contribution in [2.24, 2.45) is 10.2 Å². The van der Waals surface area contributed by atoms with Crippen LogP contribution in [0.25, 0.3) is 16.5 Å². The van der Waals surface area contributed by atoms with E-state index in [1.807, 2.05) is 0 Å². The molecular formula is C17H8N3Na3NiO10S2. The molecule has 0 radical (unpaired) electrons. The van der Waals surface area contributed by atoms with Crippen LogP contribution in [-0.2, 0) is 36.7 Å². The number of hydrogen-bond donors (Lipinski definition) is 1.